The molecule has 1 aromatic carbocycles. The van der Waals surface area contributed by atoms with Gasteiger partial charge in [-0.2, -0.15) is 4.31 Å². The molecule has 5 nitrogen and oxygen atoms in total. The van der Waals surface area contributed by atoms with Crippen molar-refractivity contribution in [3.8, 4) is 0 Å². The predicted molar refractivity (Wildman–Crippen MR) is 104 cm³/mol. The molecule has 1 amide bonds. The number of rotatable bonds is 5. The molecule has 1 fully saturated rings. The Morgan fingerprint density at radius 3 is 2.42 bits per heavy atom. The van der Waals surface area contributed by atoms with E-state index in [-0.39, 0.29) is 21.7 Å². The van der Waals surface area contributed by atoms with E-state index in [4.69, 9.17) is 0 Å². The second-order valence-corrected chi connectivity index (χ2v) is 9.51. The molecular weight excluding hydrogens is 368 g/mol. The predicted octanol–water partition coefficient (Wildman–Crippen LogP) is 3.72. The minimum Gasteiger partial charge on any atom is -0.345 e. The van der Waals surface area contributed by atoms with Crippen LogP contribution in [0.3, 0.4) is 0 Å². The number of carbonyl (C=O) groups is 1. The summed E-state index contributed by atoms with van der Waals surface area (Å²) in [4.78, 5) is 13.1. The molecule has 2 aromatic rings. The van der Waals surface area contributed by atoms with Crippen molar-refractivity contribution in [2.75, 3.05) is 13.1 Å². The third kappa shape index (κ3) is 4.00. The van der Waals surface area contributed by atoms with Crippen LogP contribution in [0.1, 0.15) is 53.0 Å². The van der Waals surface area contributed by atoms with Gasteiger partial charge in [0.1, 0.15) is 9.77 Å². The third-order valence-corrected chi connectivity index (χ3v) is 7.68. The lowest BCUT2D eigenvalue weighted by molar-refractivity contribution is 0.0941. The van der Waals surface area contributed by atoms with Gasteiger partial charge in [0.25, 0.3) is 5.91 Å². The molecule has 1 aliphatic heterocycles. The summed E-state index contributed by atoms with van der Waals surface area (Å²) >= 11 is 1.17. The topological polar surface area (TPSA) is 66.5 Å². The lowest BCUT2D eigenvalue weighted by Crippen LogP contribution is -2.36. The van der Waals surface area contributed by atoms with Gasteiger partial charge in [0.2, 0.25) is 10.0 Å². The molecule has 0 saturated carbocycles. The maximum absolute atomic E-state index is 12.9. The molecule has 7 heteroatoms. The van der Waals surface area contributed by atoms with Gasteiger partial charge in [-0.15, -0.1) is 11.3 Å². The van der Waals surface area contributed by atoms with Crippen molar-refractivity contribution in [3.63, 3.8) is 0 Å². The summed E-state index contributed by atoms with van der Waals surface area (Å²) in [7, 11) is -3.62. The summed E-state index contributed by atoms with van der Waals surface area (Å²) in [6.45, 7) is 4.96. The first-order valence-electron chi connectivity index (χ1n) is 8.84. The normalized spacial score (nSPS) is 17.0. The number of thiophene rings is 1. The largest absolute Gasteiger partial charge is 0.345 e. The highest BCUT2D eigenvalue weighted by Gasteiger charge is 2.31. The fourth-order valence-electron chi connectivity index (χ4n) is 3.11. The summed E-state index contributed by atoms with van der Waals surface area (Å²) in [6, 6.07) is 9.28. The molecule has 0 aliphatic carbocycles. The number of nitrogens with zero attached hydrogens (tertiary/aromatic N) is 1. The Labute approximate surface area is 159 Å². The number of piperidine rings is 1. The van der Waals surface area contributed by atoms with Gasteiger partial charge in [0, 0.05) is 13.1 Å². The van der Waals surface area contributed by atoms with E-state index in [2.05, 4.69) is 5.32 Å². The number of hydrogen-bond acceptors (Lipinski definition) is 4. The molecule has 2 heterocycles. The Morgan fingerprint density at radius 1 is 1.12 bits per heavy atom. The lowest BCUT2D eigenvalue weighted by atomic mass is 10.1. The maximum atomic E-state index is 12.9. The van der Waals surface area contributed by atoms with Gasteiger partial charge >= 0.3 is 0 Å². The molecule has 26 heavy (non-hydrogen) atoms. The van der Waals surface area contributed by atoms with Crippen molar-refractivity contribution in [1.82, 2.24) is 9.62 Å². The SMILES string of the molecule is Cc1ccc(C(C)NC(=O)c2sccc2S(=O)(=O)N2CCCCC2)cc1. The summed E-state index contributed by atoms with van der Waals surface area (Å²) < 4.78 is 27.3. The Bertz CT molecular complexity index is 866. The summed E-state index contributed by atoms with van der Waals surface area (Å²) in [5.74, 6) is -0.344. The maximum Gasteiger partial charge on any atom is 0.263 e. The van der Waals surface area contributed by atoms with Gasteiger partial charge in [-0.3, -0.25) is 4.79 Å². The first-order chi connectivity index (χ1) is 12.4. The highest BCUT2D eigenvalue weighted by atomic mass is 32.2. The van der Waals surface area contributed by atoms with Crippen molar-refractivity contribution >= 4 is 27.3 Å². The van der Waals surface area contributed by atoms with E-state index in [0.717, 1.165) is 30.4 Å². The van der Waals surface area contributed by atoms with Gasteiger partial charge in [0.05, 0.1) is 6.04 Å². The number of benzene rings is 1. The van der Waals surface area contributed by atoms with E-state index >= 15 is 0 Å². The van der Waals surface area contributed by atoms with Crippen LogP contribution >= 0.6 is 11.3 Å². The first-order valence-corrected chi connectivity index (χ1v) is 11.2. The zero-order valence-corrected chi connectivity index (χ0v) is 16.7. The quantitative estimate of drug-likeness (QED) is 0.843. The molecule has 1 aromatic heterocycles. The van der Waals surface area contributed by atoms with Crippen LogP contribution in [0.2, 0.25) is 0 Å². The lowest BCUT2D eigenvalue weighted by Gasteiger charge is -2.26. The number of nitrogens with one attached hydrogen (secondary N) is 1. The Kier molecular flexibility index (Phi) is 5.79. The summed E-state index contributed by atoms with van der Waals surface area (Å²) in [5, 5.41) is 4.59. The number of carbonyl (C=O) groups excluding carboxylic acids is 1. The first kappa shape index (κ1) is 19.1. The number of aryl methyl sites for hydroxylation is 1. The molecular formula is C19H24N2O3S2. The van der Waals surface area contributed by atoms with Crippen molar-refractivity contribution in [2.24, 2.45) is 0 Å². The molecule has 1 saturated heterocycles. The Balaban J connectivity index is 1.79. The minimum absolute atomic E-state index is 0.123. The zero-order valence-electron chi connectivity index (χ0n) is 15.1. The second-order valence-electron chi connectivity index (χ2n) is 6.68. The molecule has 0 radical (unpaired) electrons. The Hall–Kier alpha value is -1.70. The van der Waals surface area contributed by atoms with Crippen molar-refractivity contribution in [2.45, 2.75) is 44.0 Å². The Morgan fingerprint density at radius 2 is 1.77 bits per heavy atom. The monoisotopic (exact) mass is 392 g/mol. The van der Waals surface area contributed by atoms with Crippen LogP contribution in [0.5, 0.6) is 0 Å². The summed E-state index contributed by atoms with van der Waals surface area (Å²) in [6.07, 6.45) is 2.79. The van der Waals surface area contributed by atoms with Crippen LogP contribution in [-0.4, -0.2) is 31.7 Å². The van der Waals surface area contributed by atoms with Gasteiger partial charge < -0.3 is 5.32 Å². The average molecular weight is 393 g/mol. The van der Waals surface area contributed by atoms with Gasteiger partial charge in [-0.1, -0.05) is 36.2 Å². The number of amides is 1. The molecule has 1 aliphatic rings. The number of hydrogen-bond donors (Lipinski definition) is 1. The molecule has 3 rings (SSSR count). The van der Waals surface area contributed by atoms with Crippen LogP contribution in [0.15, 0.2) is 40.6 Å². The molecule has 1 unspecified atom stereocenters. The van der Waals surface area contributed by atoms with Crippen LogP contribution in [0.4, 0.5) is 0 Å². The van der Waals surface area contributed by atoms with Crippen molar-refractivity contribution in [3.05, 3.63) is 51.7 Å². The third-order valence-electron chi connectivity index (χ3n) is 4.69. The zero-order chi connectivity index (χ0) is 18.7. The van der Waals surface area contributed by atoms with Crippen LogP contribution in [0.25, 0.3) is 0 Å². The summed E-state index contributed by atoms with van der Waals surface area (Å²) in [5.41, 5.74) is 2.14. The molecule has 0 bridgehead atoms. The van der Waals surface area contributed by atoms with E-state index in [9.17, 15) is 13.2 Å². The highest BCUT2D eigenvalue weighted by Crippen LogP contribution is 2.28. The smallest absolute Gasteiger partial charge is 0.263 e. The molecule has 0 spiro atoms. The second kappa shape index (κ2) is 7.90. The van der Waals surface area contributed by atoms with E-state index < -0.39 is 10.0 Å². The molecule has 140 valence electrons. The average Bonchev–Trinajstić information content (AvgIpc) is 3.14. The number of sulfonamides is 1. The van der Waals surface area contributed by atoms with Gasteiger partial charge in [0.15, 0.2) is 0 Å². The van der Waals surface area contributed by atoms with Gasteiger partial charge in [-0.05, 0) is 43.7 Å². The van der Waals surface area contributed by atoms with E-state index in [1.807, 2.05) is 38.1 Å². The van der Waals surface area contributed by atoms with Crippen LogP contribution in [0, 0.1) is 6.92 Å². The fraction of sp³-hybridized carbons (Fsp3) is 0.421. The van der Waals surface area contributed by atoms with E-state index in [1.165, 1.54) is 15.6 Å². The van der Waals surface area contributed by atoms with Crippen molar-refractivity contribution in [1.29, 1.82) is 0 Å². The minimum atomic E-state index is -3.62. The molecule has 1 N–H and O–H groups in total. The van der Waals surface area contributed by atoms with E-state index in [0.29, 0.717) is 13.1 Å². The van der Waals surface area contributed by atoms with Crippen molar-refractivity contribution < 1.29 is 13.2 Å². The van der Waals surface area contributed by atoms with Crippen LogP contribution < -0.4 is 5.32 Å². The van der Waals surface area contributed by atoms with Gasteiger partial charge in [-0.25, -0.2) is 8.42 Å². The highest BCUT2D eigenvalue weighted by molar-refractivity contribution is 7.89. The molecule has 1 atom stereocenters. The van der Waals surface area contributed by atoms with Crippen LogP contribution in [-0.2, 0) is 10.0 Å². The standard InChI is InChI=1S/C19H24N2O3S2/c1-14-6-8-16(9-7-14)15(2)20-19(22)18-17(10-13-25-18)26(23,24)21-11-4-3-5-12-21/h6-10,13,15H,3-5,11-12H2,1-2H3,(H,20,22). The van der Waals surface area contributed by atoms with E-state index in [1.54, 1.807) is 11.4 Å². The fourth-order valence-corrected chi connectivity index (χ4v) is 5.93.